The number of rotatable bonds is 7. The average Bonchev–Trinajstić information content (AvgIpc) is 2.27. The van der Waals surface area contributed by atoms with E-state index >= 15 is 0 Å². The van der Waals surface area contributed by atoms with Gasteiger partial charge in [-0.25, -0.2) is 13.1 Å². The van der Waals surface area contributed by atoms with Crippen LogP contribution < -0.4 is 4.72 Å². The van der Waals surface area contributed by atoms with Gasteiger partial charge in [0.2, 0.25) is 10.0 Å². The minimum Gasteiger partial charge on any atom is -0.376 e. The molecule has 0 atom stereocenters. The van der Waals surface area contributed by atoms with Crippen molar-refractivity contribution in [3.05, 3.63) is 39.8 Å². The molecule has 0 aromatic heterocycles. The third-order valence-electron chi connectivity index (χ3n) is 2.07. The van der Waals surface area contributed by atoms with Gasteiger partial charge in [-0.1, -0.05) is 39.7 Å². The van der Waals surface area contributed by atoms with Crippen LogP contribution in [-0.4, -0.2) is 28.2 Å². The number of hydrogen-bond donors (Lipinski definition) is 1. The number of nitrogens with one attached hydrogen (secondary N) is 1. The van der Waals surface area contributed by atoms with Crippen LogP contribution in [0.4, 0.5) is 0 Å². The quantitative estimate of drug-likeness (QED) is 0.594. The summed E-state index contributed by atoms with van der Waals surface area (Å²) in [6, 6.07) is 4.61. The monoisotopic (exact) mass is 367 g/mol. The molecular weight excluding hydrogens is 354 g/mol. The molecule has 0 spiro atoms. The van der Waals surface area contributed by atoms with Gasteiger partial charge in [-0.2, -0.15) is 0 Å². The van der Waals surface area contributed by atoms with E-state index in [2.05, 4.69) is 27.2 Å². The maximum atomic E-state index is 12.0. The molecule has 0 aliphatic carbocycles. The summed E-state index contributed by atoms with van der Waals surface area (Å²) in [5, 5.41) is 0.171. The Morgan fingerprint density at radius 1 is 1.53 bits per heavy atom. The van der Waals surface area contributed by atoms with Crippen LogP contribution in [0.1, 0.15) is 6.92 Å². The predicted molar refractivity (Wildman–Crippen MR) is 80.0 cm³/mol. The van der Waals surface area contributed by atoms with Gasteiger partial charge in [-0.05, 0) is 25.1 Å². The Morgan fingerprint density at radius 3 is 2.79 bits per heavy atom. The summed E-state index contributed by atoms with van der Waals surface area (Å²) in [5.74, 6) is 0. The number of sulfonamides is 1. The number of ether oxygens (including phenoxy) is 1. The number of halogens is 2. The zero-order valence-corrected chi connectivity index (χ0v) is 13.6. The lowest BCUT2D eigenvalue weighted by atomic mass is 10.4. The molecule has 0 radical (unpaired) electrons. The van der Waals surface area contributed by atoms with Gasteiger partial charge in [0.05, 0.1) is 18.2 Å². The van der Waals surface area contributed by atoms with Crippen LogP contribution in [0.2, 0.25) is 5.02 Å². The van der Waals surface area contributed by atoms with Crippen molar-refractivity contribution in [1.29, 1.82) is 0 Å². The lowest BCUT2D eigenvalue weighted by Crippen LogP contribution is -2.27. The van der Waals surface area contributed by atoms with Crippen molar-refractivity contribution in [2.75, 3.05) is 19.8 Å². The molecule has 0 fully saturated rings. The molecule has 0 bridgehead atoms. The van der Waals surface area contributed by atoms with Crippen LogP contribution in [0.5, 0.6) is 0 Å². The van der Waals surface area contributed by atoms with E-state index in [-0.39, 0.29) is 23.1 Å². The Bertz CT molecular complexity index is 560. The molecule has 0 saturated heterocycles. The summed E-state index contributed by atoms with van der Waals surface area (Å²) < 4.78 is 32.3. The predicted octanol–water partition coefficient (Wildman–Crippen LogP) is 2.97. The second kappa shape index (κ2) is 7.40. The first kappa shape index (κ1) is 16.7. The smallest absolute Gasteiger partial charge is 0.242 e. The molecule has 0 aliphatic heterocycles. The fourth-order valence-corrected chi connectivity index (χ4v) is 3.31. The average molecular weight is 369 g/mol. The Balaban J connectivity index is 2.59. The zero-order chi connectivity index (χ0) is 14.5. The molecular formula is C12H15BrClNO3S. The molecule has 0 saturated carbocycles. The van der Waals surface area contributed by atoms with E-state index in [0.29, 0.717) is 6.61 Å². The molecule has 4 nitrogen and oxygen atoms in total. The third-order valence-corrected chi connectivity index (χ3v) is 4.51. The lowest BCUT2D eigenvalue weighted by Gasteiger charge is -2.09. The first-order valence-electron chi connectivity index (χ1n) is 5.50. The standard InChI is InChI=1S/C12H15BrClNO3S/c1-9(2)8-18-6-5-15-19(16,17)12-4-3-10(13)7-11(12)14/h3-4,7,15H,1,5-6,8H2,2H3. The molecule has 7 heteroatoms. The molecule has 1 aromatic carbocycles. The fraction of sp³-hybridized carbons (Fsp3) is 0.333. The van der Waals surface area contributed by atoms with E-state index < -0.39 is 10.0 Å². The normalized spacial score (nSPS) is 11.5. The SMILES string of the molecule is C=C(C)COCCNS(=O)(=O)c1ccc(Br)cc1Cl. The van der Waals surface area contributed by atoms with Gasteiger partial charge in [-0.3, -0.25) is 0 Å². The molecule has 19 heavy (non-hydrogen) atoms. The molecule has 1 N–H and O–H groups in total. The van der Waals surface area contributed by atoms with E-state index in [1.807, 2.05) is 6.92 Å². The second-order valence-corrected chi connectivity index (χ2v) is 7.04. The maximum Gasteiger partial charge on any atom is 0.242 e. The fourth-order valence-electron chi connectivity index (χ4n) is 1.27. The lowest BCUT2D eigenvalue weighted by molar-refractivity contribution is 0.162. The Kier molecular flexibility index (Phi) is 6.49. The van der Waals surface area contributed by atoms with Crippen molar-refractivity contribution in [1.82, 2.24) is 4.72 Å². The third kappa shape index (κ3) is 5.62. The Morgan fingerprint density at radius 2 is 2.21 bits per heavy atom. The Labute approximate surface area is 127 Å². The summed E-state index contributed by atoms with van der Waals surface area (Å²) >= 11 is 9.13. The second-order valence-electron chi connectivity index (χ2n) is 3.98. The summed E-state index contributed by atoms with van der Waals surface area (Å²) in [6.07, 6.45) is 0. The summed E-state index contributed by atoms with van der Waals surface area (Å²) in [4.78, 5) is 0.0530. The molecule has 0 amide bonds. The molecule has 1 rings (SSSR count). The largest absolute Gasteiger partial charge is 0.376 e. The van der Waals surface area contributed by atoms with Gasteiger partial charge < -0.3 is 4.74 Å². The van der Waals surface area contributed by atoms with Gasteiger partial charge in [0.15, 0.2) is 0 Å². The van der Waals surface area contributed by atoms with Gasteiger partial charge in [0, 0.05) is 11.0 Å². The minimum atomic E-state index is -3.61. The van der Waals surface area contributed by atoms with E-state index in [1.54, 1.807) is 6.07 Å². The highest BCUT2D eigenvalue weighted by molar-refractivity contribution is 9.10. The van der Waals surface area contributed by atoms with Crippen molar-refractivity contribution < 1.29 is 13.2 Å². The molecule has 0 unspecified atom stereocenters. The van der Waals surface area contributed by atoms with Crippen LogP contribution in [0, 0.1) is 0 Å². The highest BCUT2D eigenvalue weighted by Crippen LogP contribution is 2.24. The summed E-state index contributed by atoms with van der Waals surface area (Å²) in [6.45, 7) is 6.40. The van der Waals surface area contributed by atoms with Crippen LogP contribution in [-0.2, 0) is 14.8 Å². The Hall–Kier alpha value is -0.400. The summed E-state index contributed by atoms with van der Waals surface area (Å²) in [5.41, 5.74) is 0.888. The van der Waals surface area contributed by atoms with Gasteiger partial charge in [0.25, 0.3) is 0 Å². The van der Waals surface area contributed by atoms with E-state index in [1.165, 1.54) is 12.1 Å². The van der Waals surface area contributed by atoms with Crippen LogP contribution in [0.25, 0.3) is 0 Å². The first-order valence-corrected chi connectivity index (χ1v) is 8.15. The van der Waals surface area contributed by atoms with Crippen LogP contribution in [0.15, 0.2) is 39.7 Å². The minimum absolute atomic E-state index is 0.0530. The van der Waals surface area contributed by atoms with Gasteiger partial charge in [0.1, 0.15) is 4.90 Å². The van der Waals surface area contributed by atoms with Crippen molar-refractivity contribution in [3.63, 3.8) is 0 Å². The van der Waals surface area contributed by atoms with E-state index in [0.717, 1.165) is 10.0 Å². The van der Waals surface area contributed by atoms with Crippen molar-refractivity contribution in [2.24, 2.45) is 0 Å². The van der Waals surface area contributed by atoms with E-state index in [9.17, 15) is 8.42 Å². The topological polar surface area (TPSA) is 55.4 Å². The van der Waals surface area contributed by atoms with Crippen LogP contribution in [0.3, 0.4) is 0 Å². The van der Waals surface area contributed by atoms with Gasteiger partial charge in [-0.15, -0.1) is 0 Å². The highest BCUT2D eigenvalue weighted by atomic mass is 79.9. The number of benzene rings is 1. The van der Waals surface area contributed by atoms with Crippen molar-refractivity contribution in [3.8, 4) is 0 Å². The molecule has 0 heterocycles. The summed E-state index contributed by atoms with van der Waals surface area (Å²) in [7, 11) is -3.61. The van der Waals surface area contributed by atoms with Crippen molar-refractivity contribution >= 4 is 37.6 Å². The van der Waals surface area contributed by atoms with Crippen molar-refractivity contribution in [2.45, 2.75) is 11.8 Å². The zero-order valence-electron chi connectivity index (χ0n) is 10.4. The highest BCUT2D eigenvalue weighted by Gasteiger charge is 2.17. The van der Waals surface area contributed by atoms with Gasteiger partial charge >= 0.3 is 0 Å². The molecule has 106 valence electrons. The molecule has 0 aliphatic rings. The maximum absolute atomic E-state index is 12.0. The van der Waals surface area contributed by atoms with Crippen LogP contribution >= 0.6 is 27.5 Å². The van der Waals surface area contributed by atoms with E-state index in [4.69, 9.17) is 16.3 Å². The number of hydrogen-bond acceptors (Lipinski definition) is 3. The molecule has 1 aromatic rings. The first-order chi connectivity index (χ1) is 8.83.